The first-order chi connectivity index (χ1) is 4.43. The molecule has 0 N–H and O–H groups in total. The van der Waals surface area contributed by atoms with Gasteiger partial charge in [-0.3, -0.25) is 0 Å². The van der Waals surface area contributed by atoms with Crippen LogP contribution in [0.3, 0.4) is 0 Å². The molecule has 0 saturated carbocycles. The molecule has 0 saturated heterocycles. The van der Waals surface area contributed by atoms with E-state index in [1.165, 1.54) is 5.57 Å². The monoisotopic (exact) mass is 183 g/mol. The Balaban J connectivity index is 2.45. The minimum atomic E-state index is 1.04. The summed E-state index contributed by atoms with van der Waals surface area (Å²) in [7, 11) is 0. The SMILES string of the molecule is BrCCC1=CC=C=C[CH]1. The van der Waals surface area contributed by atoms with Crippen LogP contribution in [-0.4, -0.2) is 5.33 Å². The molecule has 0 unspecified atom stereocenters. The average molecular weight is 184 g/mol. The van der Waals surface area contributed by atoms with E-state index in [0.29, 0.717) is 0 Å². The third kappa shape index (κ3) is 2.21. The Bertz CT molecular complexity index is 171. The van der Waals surface area contributed by atoms with Crippen LogP contribution in [0.25, 0.3) is 0 Å². The molecule has 1 radical (unpaired) electrons. The van der Waals surface area contributed by atoms with Gasteiger partial charge in [0, 0.05) is 11.8 Å². The third-order valence-corrected chi connectivity index (χ3v) is 1.57. The largest absolute Gasteiger partial charge is 0.125 e. The molecule has 0 aromatic carbocycles. The van der Waals surface area contributed by atoms with Crippen molar-refractivity contribution in [1.29, 1.82) is 0 Å². The summed E-state index contributed by atoms with van der Waals surface area (Å²) in [5.41, 5.74) is 4.34. The fourth-order valence-electron chi connectivity index (χ4n) is 0.697. The Morgan fingerprint density at radius 3 is 2.89 bits per heavy atom. The van der Waals surface area contributed by atoms with Crippen molar-refractivity contribution in [2.45, 2.75) is 6.42 Å². The molecular formula is C8H8Br. The lowest BCUT2D eigenvalue weighted by Crippen LogP contribution is -1.84. The molecule has 1 heteroatoms. The van der Waals surface area contributed by atoms with Gasteiger partial charge in [-0.25, -0.2) is 0 Å². The van der Waals surface area contributed by atoms with Gasteiger partial charge in [0.25, 0.3) is 0 Å². The van der Waals surface area contributed by atoms with Crippen molar-refractivity contribution in [1.82, 2.24) is 0 Å². The summed E-state index contributed by atoms with van der Waals surface area (Å²) in [5, 5.41) is 1.04. The van der Waals surface area contributed by atoms with Gasteiger partial charge < -0.3 is 0 Å². The molecule has 1 rings (SSSR count). The number of hydrogen-bond donors (Lipinski definition) is 0. The van der Waals surface area contributed by atoms with Gasteiger partial charge in [0.1, 0.15) is 0 Å². The van der Waals surface area contributed by atoms with Crippen LogP contribution in [0.15, 0.2) is 29.5 Å². The van der Waals surface area contributed by atoms with Gasteiger partial charge in [-0.1, -0.05) is 27.6 Å². The second-order valence-electron chi connectivity index (χ2n) is 1.85. The summed E-state index contributed by atoms with van der Waals surface area (Å²) < 4.78 is 0. The quantitative estimate of drug-likeness (QED) is 0.457. The number of hydrogen-bond acceptors (Lipinski definition) is 0. The van der Waals surface area contributed by atoms with E-state index in [-0.39, 0.29) is 0 Å². The van der Waals surface area contributed by atoms with E-state index in [4.69, 9.17) is 0 Å². The van der Waals surface area contributed by atoms with Crippen molar-refractivity contribution in [3.05, 3.63) is 36.0 Å². The number of halogens is 1. The number of alkyl halides is 1. The van der Waals surface area contributed by atoms with Gasteiger partial charge in [0.15, 0.2) is 0 Å². The predicted molar refractivity (Wildman–Crippen MR) is 43.4 cm³/mol. The maximum absolute atomic E-state index is 3.38. The molecule has 0 spiro atoms. The zero-order valence-corrected chi connectivity index (χ0v) is 6.69. The van der Waals surface area contributed by atoms with Crippen molar-refractivity contribution >= 4 is 15.9 Å². The molecule has 9 heavy (non-hydrogen) atoms. The van der Waals surface area contributed by atoms with Gasteiger partial charge in [-0.05, 0) is 18.6 Å². The first kappa shape index (κ1) is 6.85. The zero-order chi connectivity index (χ0) is 6.53. The van der Waals surface area contributed by atoms with E-state index in [1.54, 1.807) is 0 Å². The summed E-state index contributed by atoms with van der Waals surface area (Å²) in [4.78, 5) is 0. The minimum Gasteiger partial charge on any atom is -0.125 e. The van der Waals surface area contributed by atoms with Gasteiger partial charge in [0.2, 0.25) is 0 Å². The number of allylic oxidation sites excluding steroid dienone is 3. The molecule has 1 aliphatic carbocycles. The Kier molecular flexibility index (Phi) is 2.82. The van der Waals surface area contributed by atoms with Crippen LogP contribution in [0, 0.1) is 6.42 Å². The van der Waals surface area contributed by atoms with E-state index >= 15 is 0 Å². The van der Waals surface area contributed by atoms with Crippen LogP contribution in [0.4, 0.5) is 0 Å². The van der Waals surface area contributed by atoms with Crippen molar-refractivity contribution in [2.75, 3.05) is 5.33 Å². The Morgan fingerprint density at radius 2 is 2.33 bits per heavy atom. The molecule has 47 valence electrons. The molecule has 0 aromatic heterocycles. The zero-order valence-electron chi connectivity index (χ0n) is 5.10. The summed E-state index contributed by atoms with van der Waals surface area (Å²) in [6.45, 7) is 0. The van der Waals surface area contributed by atoms with Crippen LogP contribution >= 0.6 is 15.9 Å². The van der Waals surface area contributed by atoms with Crippen molar-refractivity contribution in [3.63, 3.8) is 0 Å². The fraction of sp³-hybridized carbons (Fsp3) is 0.250. The molecule has 0 nitrogen and oxygen atoms in total. The highest BCUT2D eigenvalue weighted by molar-refractivity contribution is 9.09. The molecule has 0 fully saturated rings. The van der Waals surface area contributed by atoms with E-state index in [0.717, 1.165) is 11.8 Å². The molecule has 0 bridgehead atoms. The van der Waals surface area contributed by atoms with Crippen LogP contribution in [-0.2, 0) is 0 Å². The summed E-state index contributed by atoms with van der Waals surface area (Å²) in [6.07, 6.45) is 9.16. The lowest BCUT2D eigenvalue weighted by Gasteiger charge is -1.99. The highest BCUT2D eigenvalue weighted by atomic mass is 79.9. The van der Waals surface area contributed by atoms with Crippen molar-refractivity contribution in [2.24, 2.45) is 0 Å². The topological polar surface area (TPSA) is 0 Å². The lowest BCUT2D eigenvalue weighted by molar-refractivity contribution is 1.15. The smallest absolute Gasteiger partial charge is 0.0163 e. The van der Waals surface area contributed by atoms with Crippen LogP contribution in [0.1, 0.15) is 6.42 Å². The summed E-state index contributed by atoms with van der Waals surface area (Å²) in [5.74, 6) is 0. The molecular weight excluding hydrogens is 176 g/mol. The van der Waals surface area contributed by atoms with E-state index in [1.807, 2.05) is 12.2 Å². The van der Waals surface area contributed by atoms with Crippen LogP contribution in [0.5, 0.6) is 0 Å². The standard InChI is InChI=1S/C8H8Br/c9-7-6-8-4-2-1-3-5-8/h2-5H,6-7H2. The molecule has 0 heterocycles. The minimum absolute atomic E-state index is 1.04. The van der Waals surface area contributed by atoms with Gasteiger partial charge in [-0.15, -0.1) is 5.73 Å². The van der Waals surface area contributed by atoms with Crippen LogP contribution in [0.2, 0.25) is 0 Å². The molecule has 1 aliphatic rings. The Hall–Kier alpha value is -0.260. The fourth-order valence-corrected chi connectivity index (χ4v) is 1.16. The van der Waals surface area contributed by atoms with E-state index < -0.39 is 0 Å². The molecule has 0 atom stereocenters. The van der Waals surface area contributed by atoms with E-state index in [9.17, 15) is 0 Å². The average Bonchev–Trinajstić information content (AvgIpc) is 1.91. The van der Waals surface area contributed by atoms with E-state index in [2.05, 4.69) is 34.2 Å². The molecule has 0 aliphatic heterocycles. The highest BCUT2D eigenvalue weighted by Crippen LogP contribution is 2.10. The highest BCUT2D eigenvalue weighted by Gasteiger charge is 1.93. The van der Waals surface area contributed by atoms with Crippen molar-refractivity contribution in [3.8, 4) is 0 Å². The Labute approximate surface area is 64.1 Å². The van der Waals surface area contributed by atoms with Crippen molar-refractivity contribution < 1.29 is 0 Å². The van der Waals surface area contributed by atoms with Gasteiger partial charge in [0.05, 0.1) is 0 Å². The first-order valence-electron chi connectivity index (χ1n) is 2.94. The normalized spacial score (nSPS) is 15.9. The van der Waals surface area contributed by atoms with Crippen LogP contribution < -0.4 is 0 Å². The summed E-state index contributed by atoms with van der Waals surface area (Å²) in [6, 6.07) is 0. The van der Waals surface area contributed by atoms with Gasteiger partial charge in [-0.2, -0.15) is 0 Å². The number of rotatable bonds is 2. The molecule has 0 amide bonds. The maximum Gasteiger partial charge on any atom is 0.0163 e. The second kappa shape index (κ2) is 3.71. The lowest BCUT2D eigenvalue weighted by atomic mass is 10.1. The predicted octanol–water partition coefficient (Wildman–Crippen LogP) is 2.63. The molecule has 0 aromatic rings. The van der Waals surface area contributed by atoms with Gasteiger partial charge >= 0.3 is 0 Å². The third-order valence-electron chi connectivity index (χ3n) is 1.17. The second-order valence-corrected chi connectivity index (χ2v) is 2.64. The Morgan fingerprint density at radius 1 is 1.44 bits per heavy atom. The maximum atomic E-state index is 3.38. The summed E-state index contributed by atoms with van der Waals surface area (Å²) >= 11 is 3.38. The first-order valence-corrected chi connectivity index (χ1v) is 4.06.